The van der Waals surface area contributed by atoms with Gasteiger partial charge in [-0.3, -0.25) is 4.79 Å². The van der Waals surface area contributed by atoms with Crippen molar-refractivity contribution in [1.29, 1.82) is 0 Å². The first-order valence-electron chi connectivity index (χ1n) is 9.82. The zero-order chi connectivity index (χ0) is 18.9. The van der Waals surface area contributed by atoms with Crippen molar-refractivity contribution >= 4 is 5.97 Å². The number of carbonyl (C=O) groups is 1. The molecule has 1 fully saturated rings. The third-order valence-electron chi connectivity index (χ3n) is 5.00. The molecule has 4 heteroatoms. The van der Waals surface area contributed by atoms with Gasteiger partial charge < -0.3 is 14.9 Å². The molecular weight excluding hydrogens is 316 g/mol. The summed E-state index contributed by atoms with van der Waals surface area (Å²) in [4.78, 5) is 11.0. The first kappa shape index (κ1) is 22.0. The Hall–Kier alpha value is -1.05. The number of hydrogen-bond acceptors (Lipinski definition) is 3. The molecule has 0 aromatic heterocycles. The van der Waals surface area contributed by atoms with E-state index in [1.807, 2.05) is 0 Å². The van der Waals surface area contributed by atoms with Crippen molar-refractivity contribution in [3.05, 3.63) is 0 Å². The highest BCUT2D eigenvalue weighted by Crippen LogP contribution is 2.35. The minimum Gasteiger partial charge on any atom is -0.481 e. The monoisotopic (exact) mass is 352 g/mol. The average Bonchev–Trinajstić information content (AvgIpc) is 3.31. The van der Waals surface area contributed by atoms with E-state index in [1.165, 1.54) is 12.8 Å². The van der Waals surface area contributed by atoms with Gasteiger partial charge in [-0.05, 0) is 40.0 Å². The summed E-state index contributed by atoms with van der Waals surface area (Å²) in [6, 6.07) is 0. The van der Waals surface area contributed by atoms with Crippen LogP contribution in [0.3, 0.4) is 0 Å². The summed E-state index contributed by atoms with van der Waals surface area (Å²) in [5.41, 5.74) is -1.67. The third-order valence-corrected chi connectivity index (χ3v) is 5.00. The molecule has 1 rings (SSSR count). The number of carboxylic acid groups (broad SMARTS) is 1. The van der Waals surface area contributed by atoms with Gasteiger partial charge in [-0.15, -0.1) is 5.92 Å². The normalized spacial score (nSPS) is 22.0. The summed E-state index contributed by atoms with van der Waals surface area (Å²) in [5, 5.41) is 19.5. The summed E-state index contributed by atoms with van der Waals surface area (Å²) in [6.07, 6.45) is 10.0. The van der Waals surface area contributed by atoms with Gasteiger partial charge in [0, 0.05) is 6.42 Å². The van der Waals surface area contributed by atoms with Gasteiger partial charge in [0.25, 0.3) is 0 Å². The molecule has 0 aromatic rings. The van der Waals surface area contributed by atoms with Crippen LogP contribution in [0.2, 0.25) is 0 Å². The number of aliphatic carboxylic acids is 1. The fraction of sp³-hybridized carbons (Fsp3) is 0.857. The van der Waals surface area contributed by atoms with Crippen LogP contribution in [-0.4, -0.2) is 34.0 Å². The van der Waals surface area contributed by atoms with Crippen LogP contribution in [0.25, 0.3) is 0 Å². The third kappa shape index (κ3) is 8.25. The Labute approximate surface area is 153 Å². The molecule has 144 valence electrons. The summed E-state index contributed by atoms with van der Waals surface area (Å²) >= 11 is 0. The molecule has 1 saturated heterocycles. The van der Waals surface area contributed by atoms with Crippen LogP contribution in [0.5, 0.6) is 0 Å². The maximum absolute atomic E-state index is 11.0. The second-order valence-electron chi connectivity index (χ2n) is 8.14. The Balaban J connectivity index is 2.13. The van der Waals surface area contributed by atoms with Gasteiger partial charge in [0.15, 0.2) is 5.60 Å². The number of hydrogen-bond donors (Lipinski definition) is 2. The number of rotatable bonds is 12. The highest BCUT2D eigenvalue weighted by Gasteiger charge is 2.50. The van der Waals surface area contributed by atoms with Crippen LogP contribution in [0.1, 0.15) is 91.9 Å². The van der Waals surface area contributed by atoms with Crippen molar-refractivity contribution in [2.75, 3.05) is 0 Å². The number of unbranched alkanes of at least 4 members (excludes halogenated alkanes) is 6. The fourth-order valence-electron chi connectivity index (χ4n) is 3.01. The molecule has 2 N–H and O–H groups in total. The predicted molar refractivity (Wildman–Crippen MR) is 100 cm³/mol. The van der Waals surface area contributed by atoms with Gasteiger partial charge in [0.05, 0.1) is 11.5 Å². The number of ether oxygens (including phenoxy) is 1. The van der Waals surface area contributed by atoms with Gasteiger partial charge in [0.1, 0.15) is 6.10 Å². The van der Waals surface area contributed by atoms with E-state index in [-0.39, 0.29) is 12.2 Å². The van der Waals surface area contributed by atoms with Crippen molar-refractivity contribution in [2.45, 2.75) is 110 Å². The molecular formula is C21H36O4. The summed E-state index contributed by atoms with van der Waals surface area (Å²) in [7, 11) is 0. The van der Waals surface area contributed by atoms with Crippen molar-refractivity contribution in [3.63, 3.8) is 0 Å². The standard InChI is InChI=1S/C21H36O4/c1-5-6-7-9-13-16-21(4,24)18-17(25-18)14-11-8-10-12-15-20(2,3)19(22)23/h17-18,24H,5-12,14-15H2,1-4H3,(H,22,23). The van der Waals surface area contributed by atoms with E-state index in [0.717, 1.165) is 44.9 Å². The lowest BCUT2D eigenvalue weighted by Crippen LogP contribution is -2.30. The Bertz CT molecular complexity index is 470. The molecule has 4 nitrogen and oxygen atoms in total. The molecule has 0 aromatic carbocycles. The Kier molecular flexibility index (Phi) is 8.96. The van der Waals surface area contributed by atoms with Crippen LogP contribution < -0.4 is 0 Å². The summed E-state index contributed by atoms with van der Waals surface area (Å²) in [6.45, 7) is 7.48. The van der Waals surface area contributed by atoms with E-state index < -0.39 is 17.0 Å². The second kappa shape index (κ2) is 10.2. The summed E-state index contributed by atoms with van der Waals surface area (Å²) < 4.78 is 5.62. The van der Waals surface area contributed by atoms with E-state index in [4.69, 9.17) is 9.84 Å². The van der Waals surface area contributed by atoms with Gasteiger partial charge >= 0.3 is 5.97 Å². The average molecular weight is 353 g/mol. The zero-order valence-electron chi connectivity index (χ0n) is 16.4. The molecule has 0 spiro atoms. The Morgan fingerprint density at radius 2 is 1.76 bits per heavy atom. The molecule has 3 atom stereocenters. The Morgan fingerprint density at radius 3 is 2.40 bits per heavy atom. The molecule has 25 heavy (non-hydrogen) atoms. The van der Waals surface area contributed by atoms with Crippen molar-refractivity contribution in [2.24, 2.45) is 5.41 Å². The largest absolute Gasteiger partial charge is 0.481 e. The van der Waals surface area contributed by atoms with Gasteiger partial charge in [-0.2, -0.15) is 0 Å². The molecule has 3 unspecified atom stereocenters. The first-order chi connectivity index (χ1) is 11.7. The lowest BCUT2D eigenvalue weighted by molar-refractivity contribution is -0.147. The van der Waals surface area contributed by atoms with Gasteiger partial charge in [0.2, 0.25) is 0 Å². The van der Waals surface area contributed by atoms with E-state index in [2.05, 4.69) is 18.8 Å². The topological polar surface area (TPSA) is 70.1 Å². The minimum atomic E-state index is -1.04. The van der Waals surface area contributed by atoms with E-state index in [9.17, 15) is 9.90 Å². The van der Waals surface area contributed by atoms with Crippen LogP contribution >= 0.6 is 0 Å². The lowest BCUT2D eigenvalue weighted by Gasteiger charge is -2.18. The van der Waals surface area contributed by atoms with Crippen LogP contribution in [0.4, 0.5) is 0 Å². The first-order valence-corrected chi connectivity index (χ1v) is 9.82. The molecule has 0 aliphatic carbocycles. The van der Waals surface area contributed by atoms with E-state index in [1.54, 1.807) is 20.8 Å². The Morgan fingerprint density at radius 1 is 1.08 bits per heavy atom. The second-order valence-corrected chi connectivity index (χ2v) is 8.14. The lowest BCUT2D eigenvalue weighted by atomic mass is 9.87. The van der Waals surface area contributed by atoms with Crippen LogP contribution in [0.15, 0.2) is 0 Å². The molecule has 1 aliphatic heterocycles. The molecule has 1 aliphatic rings. The number of epoxide rings is 1. The smallest absolute Gasteiger partial charge is 0.309 e. The highest BCUT2D eigenvalue weighted by atomic mass is 16.6. The maximum atomic E-state index is 11.0. The van der Waals surface area contributed by atoms with Crippen LogP contribution in [0, 0.1) is 17.3 Å². The SMILES string of the molecule is CCCCCC#CC(C)(O)C1OC1CCCCCCC(C)(C)C(=O)O. The van der Waals surface area contributed by atoms with Crippen LogP contribution in [-0.2, 0) is 9.53 Å². The van der Waals surface area contributed by atoms with Crippen molar-refractivity contribution in [1.82, 2.24) is 0 Å². The number of aliphatic hydroxyl groups is 1. The van der Waals surface area contributed by atoms with Crippen molar-refractivity contribution < 1.29 is 19.7 Å². The molecule has 0 bridgehead atoms. The predicted octanol–water partition coefficient (Wildman–Crippen LogP) is 4.54. The summed E-state index contributed by atoms with van der Waals surface area (Å²) in [5.74, 6) is 5.33. The molecule has 0 amide bonds. The van der Waals surface area contributed by atoms with Crippen molar-refractivity contribution in [3.8, 4) is 11.8 Å². The molecule has 1 heterocycles. The molecule has 0 radical (unpaired) electrons. The maximum Gasteiger partial charge on any atom is 0.309 e. The molecule has 0 saturated carbocycles. The fourth-order valence-corrected chi connectivity index (χ4v) is 3.01. The van der Waals surface area contributed by atoms with E-state index in [0.29, 0.717) is 6.42 Å². The highest BCUT2D eigenvalue weighted by molar-refractivity contribution is 5.73. The zero-order valence-corrected chi connectivity index (χ0v) is 16.4. The van der Waals surface area contributed by atoms with Gasteiger partial charge in [-0.1, -0.05) is 51.4 Å². The van der Waals surface area contributed by atoms with E-state index >= 15 is 0 Å². The van der Waals surface area contributed by atoms with Gasteiger partial charge in [-0.25, -0.2) is 0 Å². The minimum absolute atomic E-state index is 0.121. The number of carboxylic acids is 1. The quantitative estimate of drug-likeness (QED) is 0.307.